The summed E-state index contributed by atoms with van der Waals surface area (Å²) >= 11 is 0. The van der Waals surface area contributed by atoms with Gasteiger partial charge in [0.05, 0.1) is 5.25 Å². The third-order valence-corrected chi connectivity index (χ3v) is 5.93. The van der Waals surface area contributed by atoms with Crippen LogP contribution in [-0.2, 0) is 19.6 Å². The zero-order valence-corrected chi connectivity index (χ0v) is 11.1. The molecule has 18 heavy (non-hydrogen) atoms. The highest BCUT2D eigenvalue weighted by atomic mass is 32.2. The lowest BCUT2D eigenvalue weighted by atomic mass is 10.1. The highest BCUT2D eigenvalue weighted by molar-refractivity contribution is 7.89. The van der Waals surface area contributed by atoms with Crippen LogP contribution in [0, 0.1) is 0 Å². The Bertz CT molecular complexity index is 424. The number of hydrogen-bond acceptors (Lipinski definition) is 5. The number of piperidine rings is 1. The van der Waals surface area contributed by atoms with Gasteiger partial charge in [-0.3, -0.25) is 0 Å². The Kier molecular flexibility index (Phi) is 4.50. The first-order valence-corrected chi connectivity index (χ1v) is 7.82. The molecule has 0 amide bonds. The van der Waals surface area contributed by atoms with Gasteiger partial charge in [0.25, 0.3) is 0 Å². The molecule has 2 fully saturated rings. The van der Waals surface area contributed by atoms with E-state index in [0.717, 1.165) is 12.8 Å². The topological polar surface area (TPSA) is 76.0 Å². The van der Waals surface area contributed by atoms with E-state index in [-0.39, 0.29) is 0 Å². The summed E-state index contributed by atoms with van der Waals surface area (Å²) in [6.07, 6.45) is 4.32. The van der Waals surface area contributed by atoms with E-state index in [1.54, 1.807) is 0 Å². The molecular weight excluding hydrogens is 256 g/mol. The number of nitrogens with zero attached hydrogens (tertiary/aromatic N) is 2. The number of sulfonamides is 1. The zero-order chi connectivity index (χ0) is 13.0. The summed E-state index contributed by atoms with van der Waals surface area (Å²) in [5, 5.41) is -0.395. The summed E-state index contributed by atoms with van der Waals surface area (Å²) in [4.78, 5) is 14.0. The van der Waals surface area contributed by atoms with Crippen LogP contribution in [-0.4, -0.2) is 50.0 Å². The van der Waals surface area contributed by atoms with Crippen LogP contribution in [0.3, 0.4) is 0 Å². The third-order valence-electron chi connectivity index (χ3n) is 3.54. The van der Waals surface area contributed by atoms with E-state index in [2.05, 4.69) is 4.99 Å². The molecule has 0 bridgehead atoms. The Hall–Kier alpha value is -0.750. The van der Waals surface area contributed by atoms with E-state index < -0.39 is 21.4 Å². The van der Waals surface area contributed by atoms with Gasteiger partial charge in [-0.15, -0.1) is 0 Å². The number of carbonyl (C=O) groups excluding carboxylic acids is 1. The molecule has 0 saturated carbocycles. The average molecular weight is 274 g/mol. The highest BCUT2D eigenvalue weighted by Crippen LogP contribution is 2.27. The van der Waals surface area contributed by atoms with Gasteiger partial charge in [0.1, 0.15) is 6.17 Å². The molecule has 0 aromatic rings. The molecule has 1 unspecified atom stereocenters. The fourth-order valence-electron chi connectivity index (χ4n) is 2.54. The van der Waals surface area contributed by atoms with E-state index in [4.69, 9.17) is 4.74 Å². The number of ether oxygens (including phenoxy) is 1. The molecule has 0 spiro atoms. The van der Waals surface area contributed by atoms with Gasteiger partial charge in [-0.1, -0.05) is 0 Å². The molecule has 102 valence electrons. The molecule has 2 aliphatic rings. The Balaban J connectivity index is 2.17. The van der Waals surface area contributed by atoms with E-state index in [0.29, 0.717) is 39.0 Å². The van der Waals surface area contributed by atoms with Crippen LogP contribution in [0.2, 0.25) is 0 Å². The van der Waals surface area contributed by atoms with E-state index in [9.17, 15) is 13.2 Å². The van der Waals surface area contributed by atoms with Crippen LogP contribution in [0.25, 0.3) is 0 Å². The molecule has 7 heteroatoms. The molecule has 0 aromatic carbocycles. The maximum absolute atomic E-state index is 12.5. The van der Waals surface area contributed by atoms with Crippen LogP contribution in [0.1, 0.15) is 32.1 Å². The van der Waals surface area contributed by atoms with Crippen LogP contribution < -0.4 is 0 Å². The molecular formula is C11H18N2O4S. The molecule has 1 atom stereocenters. The van der Waals surface area contributed by atoms with Gasteiger partial charge >= 0.3 is 0 Å². The Morgan fingerprint density at radius 1 is 1.17 bits per heavy atom. The van der Waals surface area contributed by atoms with Crippen LogP contribution in [0.5, 0.6) is 0 Å². The summed E-state index contributed by atoms with van der Waals surface area (Å²) in [5.41, 5.74) is 0. The number of aliphatic imine (C=N–C) groups is 1. The Labute approximate surface area is 107 Å². The van der Waals surface area contributed by atoms with Gasteiger partial charge in [-0.05, 0) is 32.1 Å². The van der Waals surface area contributed by atoms with Crippen molar-refractivity contribution in [1.29, 1.82) is 0 Å². The quantitative estimate of drug-likeness (QED) is 0.559. The second-order valence-electron chi connectivity index (χ2n) is 4.66. The van der Waals surface area contributed by atoms with Crippen molar-refractivity contribution >= 4 is 16.1 Å². The van der Waals surface area contributed by atoms with E-state index in [1.165, 1.54) is 10.4 Å². The lowest BCUT2D eigenvalue weighted by molar-refractivity contribution is 0.0963. The predicted molar refractivity (Wildman–Crippen MR) is 65.2 cm³/mol. The van der Waals surface area contributed by atoms with Gasteiger partial charge in [0.15, 0.2) is 0 Å². The number of hydrogen-bond donors (Lipinski definition) is 0. The summed E-state index contributed by atoms with van der Waals surface area (Å²) in [6, 6.07) is 0. The van der Waals surface area contributed by atoms with Crippen LogP contribution in [0.15, 0.2) is 4.99 Å². The monoisotopic (exact) mass is 274 g/mol. The van der Waals surface area contributed by atoms with Crippen molar-refractivity contribution in [2.45, 2.75) is 43.5 Å². The lowest BCUT2D eigenvalue weighted by Crippen LogP contribution is -2.48. The molecule has 2 saturated heterocycles. The average Bonchev–Trinajstić information content (AvgIpc) is 2.41. The van der Waals surface area contributed by atoms with E-state index in [1.807, 2.05) is 0 Å². The molecule has 2 rings (SSSR count). The van der Waals surface area contributed by atoms with Crippen molar-refractivity contribution < 1.29 is 17.9 Å². The predicted octanol–water partition coefficient (Wildman–Crippen LogP) is 0.643. The smallest absolute Gasteiger partial charge is 0.236 e. The summed E-state index contributed by atoms with van der Waals surface area (Å²) in [6.45, 7) is 1.42. The van der Waals surface area contributed by atoms with Crippen molar-refractivity contribution in [2.24, 2.45) is 4.99 Å². The summed E-state index contributed by atoms with van der Waals surface area (Å²) < 4.78 is 31.6. The highest BCUT2D eigenvalue weighted by Gasteiger charge is 2.38. The van der Waals surface area contributed by atoms with Crippen molar-refractivity contribution in [2.75, 3.05) is 19.8 Å². The molecule has 2 aliphatic heterocycles. The first-order valence-electron chi connectivity index (χ1n) is 6.31. The third kappa shape index (κ3) is 2.80. The fraction of sp³-hybridized carbons (Fsp3) is 0.909. The summed E-state index contributed by atoms with van der Waals surface area (Å²) in [5.74, 6) is 0. The van der Waals surface area contributed by atoms with E-state index >= 15 is 0 Å². The molecule has 6 nitrogen and oxygen atoms in total. The molecule has 0 aromatic heterocycles. The van der Waals surface area contributed by atoms with Crippen molar-refractivity contribution in [3.63, 3.8) is 0 Å². The van der Waals surface area contributed by atoms with Crippen molar-refractivity contribution in [1.82, 2.24) is 4.31 Å². The van der Waals surface area contributed by atoms with Crippen molar-refractivity contribution in [3.8, 4) is 0 Å². The fourth-order valence-corrected chi connectivity index (χ4v) is 4.59. The minimum atomic E-state index is -3.38. The molecule has 0 radical (unpaired) electrons. The Morgan fingerprint density at radius 2 is 1.89 bits per heavy atom. The summed E-state index contributed by atoms with van der Waals surface area (Å²) in [7, 11) is -3.38. The van der Waals surface area contributed by atoms with Gasteiger partial charge < -0.3 is 4.74 Å². The largest absolute Gasteiger partial charge is 0.381 e. The first-order chi connectivity index (χ1) is 8.66. The Morgan fingerprint density at radius 3 is 2.56 bits per heavy atom. The van der Waals surface area contributed by atoms with Crippen molar-refractivity contribution in [3.05, 3.63) is 0 Å². The van der Waals surface area contributed by atoms with Gasteiger partial charge in [-0.2, -0.15) is 9.30 Å². The standard InChI is InChI=1S/C11H18N2O4S/c14-9-12-11-3-1-2-6-13(11)18(15,16)10-4-7-17-8-5-10/h10-11H,1-8H2. The molecule has 2 heterocycles. The van der Waals surface area contributed by atoms with Crippen LogP contribution in [0.4, 0.5) is 0 Å². The zero-order valence-electron chi connectivity index (χ0n) is 10.2. The normalized spacial score (nSPS) is 27.7. The molecule has 0 aliphatic carbocycles. The van der Waals surface area contributed by atoms with Crippen LogP contribution >= 0.6 is 0 Å². The number of isocyanates is 1. The maximum Gasteiger partial charge on any atom is 0.236 e. The lowest BCUT2D eigenvalue weighted by Gasteiger charge is -2.35. The van der Waals surface area contributed by atoms with Gasteiger partial charge in [-0.25, -0.2) is 13.2 Å². The minimum absolute atomic E-state index is 0.395. The number of rotatable bonds is 3. The molecule has 0 N–H and O–H groups in total. The first kappa shape index (κ1) is 13.7. The second-order valence-corrected chi connectivity index (χ2v) is 6.83. The van der Waals surface area contributed by atoms with Gasteiger partial charge in [0.2, 0.25) is 16.1 Å². The minimum Gasteiger partial charge on any atom is -0.381 e. The SMILES string of the molecule is O=C=NC1CCCCN1S(=O)(=O)C1CCOCC1. The van der Waals surface area contributed by atoms with Gasteiger partial charge in [0, 0.05) is 19.8 Å². The maximum atomic E-state index is 12.5. The second kappa shape index (κ2) is 5.93.